The molecule has 0 fully saturated rings. The molecule has 0 aliphatic rings. The highest BCUT2D eigenvalue weighted by Gasteiger charge is 2.20. The molecule has 0 unspecified atom stereocenters. The number of rotatable bonds is 8. The lowest BCUT2D eigenvalue weighted by atomic mass is 10.3. The first-order valence-corrected chi connectivity index (χ1v) is 9.80. The minimum Gasteiger partial charge on any atom is -0.483 e. The van der Waals surface area contributed by atoms with Crippen molar-refractivity contribution in [1.29, 1.82) is 0 Å². The van der Waals surface area contributed by atoms with Gasteiger partial charge in [-0.3, -0.25) is 0 Å². The predicted octanol–water partition coefficient (Wildman–Crippen LogP) is 5.69. The zero-order valence-electron chi connectivity index (χ0n) is 14.5. The van der Waals surface area contributed by atoms with Crippen LogP contribution < -0.4 is 4.74 Å². The SMILES string of the molecule is CCSc1nnc(C(F)F)n1/N=C/c1ccc(COc2c(Cl)cccc2Cl)o1. The van der Waals surface area contributed by atoms with Gasteiger partial charge in [-0.2, -0.15) is 9.78 Å². The molecule has 0 atom stereocenters. The highest BCUT2D eigenvalue weighted by molar-refractivity contribution is 7.99. The van der Waals surface area contributed by atoms with Crippen molar-refractivity contribution in [2.24, 2.45) is 5.10 Å². The Hall–Kier alpha value is -2.10. The molecule has 0 spiro atoms. The second-order valence-corrected chi connectivity index (χ2v) is 7.32. The number of para-hydroxylation sites is 1. The number of ether oxygens (including phenoxy) is 1. The van der Waals surface area contributed by atoms with E-state index in [-0.39, 0.29) is 11.8 Å². The van der Waals surface area contributed by atoms with Gasteiger partial charge in [0.2, 0.25) is 11.0 Å². The molecule has 2 aromatic heterocycles. The molecular weight excluding hydrogens is 433 g/mol. The Morgan fingerprint density at radius 3 is 2.68 bits per heavy atom. The summed E-state index contributed by atoms with van der Waals surface area (Å²) in [5.41, 5.74) is 0. The zero-order chi connectivity index (χ0) is 20.1. The van der Waals surface area contributed by atoms with E-state index in [1.54, 1.807) is 30.3 Å². The molecule has 0 saturated heterocycles. The number of nitrogens with zero attached hydrogens (tertiary/aromatic N) is 4. The summed E-state index contributed by atoms with van der Waals surface area (Å²) in [6, 6.07) is 8.34. The summed E-state index contributed by atoms with van der Waals surface area (Å²) in [6.45, 7) is 1.96. The Kier molecular flexibility index (Phi) is 6.93. The third-order valence-corrected chi connectivity index (χ3v) is 4.76. The van der Waals surface area contributed by atoms with Crippen molar-refractivity contribution in [2.45, 2.75) is 25.1 Å². The maximum Gasteiger partial charge on any atom is 0.299 e. The summed E-state index contributed by atoms with van der Waals surface area (Å²) in [5, 5.41) is 12.3. The van der Waals surface area contributed by atoms with Crippen molar-refractivity contribution in [3.8, 4) is 5.75 Å². The van der Waals surface area contributed by atoms with Crippen molar-refractivity contribution in [3.63, 3.8) is 0 Å². The second-order valence-electron chi connectivity index (χ2n) is 5.27. The molecule has 0 bridgehead atoms. The topological polar surface area (TPSA) is 65.4 Å². The van der Waals surface area contributed by atoms with Gasteiger partial charge in [0.15, 0.2) is 5.75 Å². The van der Waals surface area contributed by atoms with Crippen LogP contribution in [0.15, 0.2) is 45.0 Å². The van der Waals surface area contributed by atoms with E-state index in [1.165, 1.54) is 18.0 Å². The van der Waals surface area contributed by atoms with E-state index in [9.17, 15) is 8.78 Å². The minimum atomic E-state index is -2.79. The summed E-state index contributed by atoms with van der Waals surface area (Å²) in [7, 11) is 0. The zero-order valence-corrected chi connectivity index (χ0v) is 16.8. The average Bonchev–Trinajstić information content (AvgIpc) is 3.27. The van der Waals surface area contributed by atoms with E-state index in [1.807, 2.05) is 6.92 Å². The number of hydrogen-bond donors (Lipinski definition) is 0. The summed E-state index contributed by atoms with van der Waals surface area (Å²) in [4.78, 5) is 0. The van der Waals surface area contributed by atoms with Gasteiger partial charge < -0.3 is 9.15 Å². The van der Waals surface area contributed by atoms with Gasteiger partial charge in [-0.25, -0.2) is 8.78 Å². The van der Waals surface area contributed by atoms with E-state index >= 15 is 0 Å². The summed E-state index contributed by atoms with van der Waals surface area (Å²) >= 11 is 13.4. The molecule has 6 nitrogen and oxygen atoms in total. The van der Waals surface area contributed by atoms with Gasteiger partial charge in [-0.05, 0) is 30.0 Å². The molecule has 0 N–H and O–H groups in total. The molecule has 3 rings (SSSR count). The van der Waals surface area contributed by atoms with E-state index in [0.29, 0.717) is 33.1 Å². The van der Waals surface area contributed by atoms with Gasteiger partial charge in [-0.1, -0.05) is 48.0 Å². The number of thioether (sulfide) groups is 1. The van der Waals surface area contributed by atoms with Crippen molar-refractivity contribution in [3.05, 3.63) is 57.7 Å². The molecule has 28 heavy (non-hydrogen) atoms. The molecule has 0 amide bonds. The highest BCUT2D eigenvalue weighted by atomic mass is 35.5. The normalized spacial score (nSPS) is 11.6. The Balaban J connectivity index is 1.72. The Morgan fingerprint density at radius 2 is 2.00 bits per heavy atom. The molecule has 0 saturated carbocycles. The lowest BCUT2D eigenvalue weighted by Gasteiger charge is -2.07. The third kappa shape index (κ3) is 4.84. The van der Waals surface area contributed by atoms with Crippen LogP contribution in [-0.4, -0.2) is 26.8 Å². The number of benzene rings is 1. The molecule has 0 radical (unpaired) electrons. The minimum absolute atomic E-state index is 0.0865. The van der Waals surface area contributed by atoms with Gasteiger partial charge in [-0.15, -0.1) is 10.2 Å². The first-order valence-electron chi connectivity index (χ1n) is 8.05. The first-order chi connectivity index (χ1) is 13.5. The third-order valence-electron chi connectivity index (χ3n) is 3.37. The molecule has 3 aromatic rings. The number of furan rings is 1. The average molecular weight is 447 g/mol. The first kappa shape index (κ1) is 20.6. The van der Waals surface area contributed by atoms with Crippen LogP contribution in [0.5, 0.6) is 5.75 Å². The van der Waals surface area contributed by atoms with Crippen LogP contribution in [-0.2, 0) is 6.61 Å². The standard InChI is InChI=1S/C17H14Cl2F2N4O2S/c1-2-28-17-24-23-16(15(20)21)25(17)22-8-10-6-7-11(27-10)9-26-14-12(18)4-3-5-13(14)19/h3-8,15H,2,9H2,1H3/b22-8+. The molecule has 2 heterocycles. The Labute approximate surface area is 173 Å². The quantitative estimate of drug-likeness (QED) is 0.328. The summed E-state index contributed by atoms with van der Waals surface area (Å²) in [5.74, 6) is 1.30. The summed E-state index contributed by atoms with van der Waals surface area (Å²) in [6.07, 6.45) is -1.49. The van der Waals surface area contributed by atoms with E-state index in [2.05, 4.69) is 15.3 Å². The van der Waals surface area contributed by atoms with Crippen LogP contribution in [0.3, 0.4) is 0 Å². The van der Waals surface area contributed by atoms with E-state index < -0.39 is 12.2 Å². The van der Waals surface area contributed by atoms with Gasteiger partial charge in [0.05, 0.1) is 16.3 Å². The summed E-state index contributed by atoms with van der Waals surface area (Å²) < 4.78 is 38.3. The highest BCUT2D eigenvalue weighted by Crippen LogP contribution is 2.33. The monoisotopic (exact) mass is 446 g/mol. The molecular formula is C17H14Cl2F2N4O2S. The van der Waals surface area contributed by atoms with Crippen LogP contribution in [0.4, 0.5) is 8.78 Å². The van der Waals surface area contributed by atoms with Crippen molar-refractivity contribution < 1.29 is 17.9 Å². The molecule has 0 aliphatic carbocycles. The fourth-order valence-corrected chi connectivity index (χ4v) is 3.29. The maximum atomic E-state index is 13.1. The van der Waals surface area contributed by atoms with E-state index in [0.717, 1.165) is 4.68 Å². The molecule has 0 aliphatic heterocycles. The molecule has 11 heteroatoms. The van der Waals surface area contributed by atoms with Gasteiger partial charge in [0.25, 0.3) is 6.43 Å². The second kappa shape index (κ2) is 9.40. The van der Waals surface area contributed by atoms with Crippen molar-refractivity contribution in [1.82, 2.24) is 14.9 Å². The lowest BCUT2D eigenvalue weighted by molar-refractivity contribution is 0.135. The van der Waals surface area contributed by atoms with Crippen molar-refractivity contribution >= 4 is 41.2 Å². The predicted molar refractivity (Wildman–Crippen MR) is 104 cm³/mol. The number of halogens is 4. The fraction of sp³-hybridized carbons (Fsp3) is 0.235. The van der Waals surface area contributed by atoms with Crippen LogP contribution in [0, 0.1) is 0 Å². The van der Waals surface area contributed by atoms with Crippen molar-refractivity contribution in [2.75, 3.05) is 5.75 Å². The van der Waals surface area contributed by atoms with Gasteiger partial charge >= 0.3 is 0 Å². The number of aromatic nitrogens is 3. The van der Waals surface area contributed by atoms with Crippen LogP contribution in [0.1, 0.15) is 30.7 Å². The lowest BCUT2D eigenvalue weighted by Crippen LogP contribution is -2.00. The molecule has 1 aromatic carbocycles. The maximum absolute atomic E-state index is 13.1. The molecule has 148 valence electrons. The van der Waals surface area contributed by atoms with Crippen LogP contribution in [0.2, 0.25) is 10.0 Å². The largest absolute Gasteiger partial charge is 0.483 e. The number of alkyl halides is 2. The Bertz CT molecular complexity index is 958. The smallest absolute Gasteiger partial charge is 0.299 e. The fourth-order valence-electron chi connectivity index (χ4n) is 2.16. The van der Waals surface area contributed by atoms with Gasteiger partial charge in [0.1, 0.15) is 18.1 Å². The van der Waals surface area contributed by atoms with Gasteiger partial charge in [0, 0.05) is 0 Å². The van der Waals surface area contributed by atoms with E-state index in [4.69, 9.17) is 32.4 Å². The van der Waals surface area contributed by atoms with Crippen LogP contribution >= 0.6 is 35.0 Å². The van der Waals surface area contributed by atoms with Crippen LogP contribution in [0.25, 0.3) is 0 Å². The number of hydrogen-bond acceptors (Lipinski definition) is 6. The Morgan fingerprint density at radius 1 is 1.25 bits per heavy atom.